The average molecular weight is 299 g/mol. The Hall–Kier alpha value is -0.750. The number of thioether (sulfide) groups is 1. The Morgan fingerprint density at radius 2 is 2.53 bits per heavy atom. The summed E-state index contributed by atoms with van der Waals surface area (Å²) >= 11 is 3.57. The van der Waals surface area contributed by atoms with Crippen LogP contribution < -0.4 is 5.32 Å². The second-order valence-electron chi connectivity index (χ2n) is 5.02. The predicted octanol–water partition coefficient (Wildman–Crippen LogP) is 2.78. The van der Waals surface area contributed by atoms with Crippen molar-refractivity contribution in [3.63, 3.8) is 0 Å². The molecule has 0 aliphatic carbocycles. The van der Waals surface area contributed by atoms with Gasteiger partial charge in [-0.3, -0.25) is 0 Å². The largest absolute Gasteiger partial charge is 0.334 e. The van der Waals surface area contributed by atoms with E-state index in [0.717, 1.165) is 17.2 Å². The van der Waals surface area contributed by atoms with Crippen LogP contribution in [0.4, 0.5) is 4.79 Å². The Morgan fingerprint density at radius 3 is 3.16 bits per heavy atom. The van der Waals surface area contributed by atoms with Crippen LogP contribution in [0.25, 0.3) is 0 Å². The Labute approximate surface area is 123 Å². The van der Waals surface area contributed by atoms with Gasteiger partial charge in [0.2, 0.25) is 0 Å². The van der Waals surface area contributed by atoms with Crippen molar-refractivity contribution in [2.45, 2.75) is 31.7 Å². The van der Waals surface area contributed by atoms with E-state index in [9.17, 15) is 4.79 Å². The molecular formula is C13H21N3OS2. The summed E-state index contributed by atoms with van der Waals surface area (Å²) in [7, 11) is 1.86. The van der Waals surface area contributed by atoms with Gasteiger partial charge in [-0.05, 0) is 18.6 Å². The molecule has 19 heavy (non-hydrogen) atoms. The summed E-state index contributed by atoms with van der Waals surface area (Å²) < 4.78 is 0. The van der Waals surface area contributed by atoms with E-state index in [1.807, 2.05) is 30.4 Å². The summed E-state index contributed by atoms with van der Waals surface area (Å²) in [5.74, 6) is 2.56. The van der Waals surface area contributed by atoms with Crippen molar-refractivity contribution in [2.24, 2.45) is 0 Å². The maximum absolute atomic E-state index is 12.1. The van der Waals surface area contributed by atoms with Crippen LogP contribution in [0, 0.1) is 0 Å². The predicted molar refractivity (Wildman–Crippen MR) is 82.0 cm³/mol. The van der Waals surface area contributed by atoms with E-state index in [1.165, 1.54) is 12.2 Å². The number of amides is 2. The minimum absolute atomic E-state index is 0.0379. The topological polar surface area (TPSA) is 45.2 Å². The highest BCUT2D eigenvalue weighted by atomic mass is 32.2. The molecule has 0 radical (unpaired) electrons. The molecule has 1 aliphatic rings. The van der Waals surface area contributed by atoms with Crippen LogP contribution in [0.1, 0.15) is 30.7 Å². The lowest BCUT2D eigenvalue weighted by Gasteiger charge is -2.27. The van der Waals surface area contributed by atoms with Crippen LogP contribution in [0.2, 0.25) is 0 Å². The standard InChI is InChI=1S/C13H21N3OS2/c1-10(12-14-5-7-19-12)8-16(2)13(17)15-11-4-3-6-18-9-11/h5,7,10-11H,3-4,6,8-9H2,1-2H3,(H,15,17). The highest BCUT2D eigenvalue weighted by Gasteiger charge is 2.20. The van der Waals surface area contributed by atoms with E-state index in [4.69, 9.17) is 0 Å². The smallest absolute Gasteiger partial charge is 0.317 e. The van der Waals surface area contributed by atoms with E-state index in [2.05, 4.69) is 17.2 Å². The first-order valence-electron chi connectivity index (χ1n) is 6.65. The number of carbonyl (C=O) groups excluding carboxylic acids is 1. The number of nitrogens with one attached hydrogen (secondary N) is 1. The van der Waals surface area contributed by atoms with Crippen LogP contribution in [0.3, 0.4) is 0 Å². The molecule has 2 heterocycles. The summed E-state index contributed by atoms with van der Waals surface area (Å²) in [5.41, 5.74) is 0. The minimum atomic E-state index is 0.0379. The Bertz CT molecular complexity index is 391. The number of urea groups is 1. The second-order valence-corrected chi connectivity index (χ2v) is 7.09. The normalized spacial score (nSPS) is 20.8. The summed E-state index contributed by atoms with van der Waals surface area (Å²) in [6.45, 7) is 2.82. The van der Waals surface area contributed by atoms with Gasteiger partial charge in [0, 0.05) is 42.9 Å². The van der Waals surface area contributed by atoms with E-state index < -0.39 is 0 Å². The van der Waals surface area contributed by atoms with E-state index >= 15 is 0 Å². The highest BCUT2D eigenvalue weighted by Crippen LogP contribution is 2.19. The fraction of sp³-hybridized carbons (Fsp3) is 0.692. The van der Waals surface area contributed by atoms with Gasteiger partial charge in [0.1, 0.15) is 0 Å². The third-order valence-electron chi connectivity index (χ3n) is 3.26. The number of hydrogen-bond acceptors (Lipinski definition) is 4. The fourth-order valence-corrected chi connectivity index (χ4v) is 3.95. The molecule has 2 amide bonds. The number of thiazole rings is 1. The van der Waals surface area contributed by atoms with Gasteiger partial charge >= 0.3 is 6.03 Å². The van der Waals surface area contributed by atoms with Crippen LogP contribution in [0.5, 0.6) is 0 Å². The molecule has 2 atom stereocenters. The molecule has 0 spiro atoms. The van der Waals surface area contributed by atoms with E-state index in [0.29, 0.717) is 12.6 Å². The quantitative estimate of drug-likeness (QED) is 0.930. The van der Waals surface area contributed by atoms with Gasteiger partial charge in [0.15, 0.2) is 0 Å². The van der Waals surface area contributed by atoms with Crippen LogP contribution in [0.15, 0.2) is 11.6 Å². The molecule has 2 rings (SSSR count). The summed E-state index contributed by atoms with van der Waals surface area (Å²) in [6.07, 6.45) is 4.12. The van der Waals surface area contributed by atoms with Gasteiger partial charge in [-0.1, -0.05) is 6.92 Å². The van der Waals surface area contributed by atoms with Crippen molar-refractivity contribution >= 4 is 29.1 Å². The number of carbonyl (C=O) groups is 1. The Balaban J connectivity index is 1.78. The molecular weight excluding hydrogens is 278 g/mol. The molecule has 4 nitrogen and oxygen atoms in total. The van der Waals surface area contributed by atoms with Crippen molar-refractivity contribution in [1.82, 2.24) is 15.2 Å². The van der Waals surface area contributed by atoms with Crippen LogP contribution in [-0.4, -0.2) is 47.1 Å². The fourth-order valence-electron chi connectivity index (χ4n) is 2.19. The van der Waals surface area contributed by atoms with Gasteiger partial charge in [-0.2, -0.15) is 11.8 Å². The number of nitrogens with zero attached hydrogens (tertiary/aromatic N) is 2. The lowest BCUT2D eigenvalue weighted by molar-refractivity contribution is 0.202. The average Bonchev–Trinajstić information content (AvgIpc) is 2.93. The first kappa shape index (κ1) is 14.7. The number of rotatable bonds is 4. The molecule has 1 saturated heterocycles. The molecule has 2 unspecified atom stereocenters. The maximum Gasteiger partial charge on any atom is 0.317 e. The molecule has 1 aromatic heterocycles. The van der Waals surface area contributed by atoms with Crippen molar-refractivity contribution in [1.29, 1.82) is 0 Å². The third-order valence-corrected chi connectivity index (χ3v) is 5.48. The maximum atomic E-state index is 12.1. The zero-order valence-corrected chi connectivity index (χ0v) is 13.1. The van der Waals surface area contributed by atoms with Gasteiger partial charge in [-0.15, -0.1) is 11.3 Å². The van der Waals surface area contributed by atoms with Crippen LogP contribution in [-0.2, 0) is 0 Å². The number of likely N-dealkylation sites (N-methyl/N-ethyl adjacent to an activating group) is 1. The molecule has 6 heteroatoms. The zero-order valence-electron chi connectivity index (χ0n) is 11.5. The van der Waals surface area contributed by atoms with Crippen molar-refractivity contribution in [3.8, 4) is 0 Å². The second kappa shape index (κ2) is 7.14. The lowest BCUT2D eigenvalue weighted by Crippen LogP contribution is -2.46. The van der Waals surface area contributed by atoms with Gasteiger partial charge < -0.3 is 10.2 Å². The van der Waals surface area contributed by atoms with E-state index in [-0.39, 0.29) is 11.9 Å². The monoisotopic (exact) mass is 299 g/mol. The molecule has 0 aromatic carbocycles. The summed E-state index contributed by atoms with van der Waals surface area (Å²) in [4.78, 5) is 18.2. The van der Waals surface area contributed by atoms with Gasteiger partial charge in [0.25, 0.3) is 0 Å². The summed E-state index contributed by atoms with van der Waals surface area (Å²) in [5, 5.41) is 6.19. The molecule has 1 fully saturated rings. The van der Waals surface area contributed by atoms with Crippen LogP contribution >= 0.6 is 23.1 Å². The molecule has 0 saturated carbocycles. The third kappa shape index (κ3) is 4.38. The molecule has 106 valence electrons. The van der Waals surface area contributed by atoms with E-state index in [1.54, 1.807) is 16.2 Å². The Morgan fingerprint density at radius 1 is 1.68 bits per heavy atom. The molecule has 1 aliphatic heterocycles. The van der Waals surface area contributed by atoms with Crippen molar-refractivity contribution in [2.75, 3.05) is 25.1 Å². The minimum Gasteiger partial charge on any atom is -0.334 e. The molecule has 1 N–H and O–H groups in total. The summed E-state index contributed by atoms with van der Waals surface area (Å²) in [6, 6.07) is 0.375. The van der Waals surface area contributed by atoms with Gasteiger partial charge in [-0.25, -0.2) is 9.78 Å². The Kier molecular flexibility index (Phi) is 5.51. The molecule has 1 aromatic rings. The van der Waals surface area contributed by atoms with Gasteiger partial charge in [0.05, 0.1) is 5.01 Å². The SMILES string of the molecule is CC(CN(C)C(=O)NC1CCCSC1)c1nccs1. The zero-order chi connectivity index (χ0) is 13.7. The highest BCUT2D eigenvalue weighted by molar-refractivity contribution is 7.99. The first-order chi connectivity index (χ1) is 9.16. The first-order valence-corrected chi connectivity index (χ1v) is 8.69. The van der Waals surface area contributed by atoms with Crippen molar-refractivity contribution < 1.29 is 4.79 Å². The molecule has 0 bridgehead atoms. The number of aromatic nitrogens is 1. The number of hydrogen-bond donors (Lipinski definition) is 1. The van der Waals surface area contributed by atoms with Crippen molar-refractivity contribution in [3.05, 3.63) is 16.6 Å². The lowest BCUT2D eigenvalue weighted by atomic mass is 10.2.